The Morgan fingerprint density at radius 2 is 2.15 bits per heavy atom. The molecule has 7 nitrogen and oxygen atoms in total. The molecule has 0 radical (unpaired) electrons. The van der Waals surface area contributed by atoms with Crippen LogP contribution >= 0.6 is 0 Å². The first-order valence-electron chi connectivity index (χ1n) is 9.43. The summed E-state index contributed by atoms with van der Waals surface area (Å²) in [6.07, 6.45) is 8.29. The zero-order valence-electron chi connectivity index (χ0n) is 15.6. The van der Waals surface area contributed by atoms with Crippen LogP contribution in [0.5, 0.6) is 0 Å². The molecule has 1 atom stereocenters. The van der Waals surface area contributed by atoms with Gasteiger partial charge < -0.3 is 14.2 Å². The van der Waals surface area contributed by atoms with Crippen molar-refractivity contribution in [2.45, 2.75) is 39.2 Å². The number of furan rings is 1. The minimum Gasteiger partial charge on any atom is -0.459 e. The van der Waals surface area contributed by atoms with Crippen molar-refractivity contribution >= 4 is 11.8 Å². The highest BCUT2D eigenvalue weighted by Gasteiger charge is 2.43. The van der Waals surface area contributed by atoms with Gasteiger partial charge in [0.2, 0.25) is 5.91 Å². The Hall–Kier alpha value is -2.70. The number of carbonyl (C=O) groups excluding carboxylic acids is 2. The van der Waals surface area contributed by atoms with E-state index in [1.54, 1.807) is 24.5 Å². The molecule has 0 bridgehead atoms. The quantitative estimate of drug-likeness (QED) is 0.831. The van der Waals surface area contributed by atoms with Gasteiger partial charge in [-0.25, -0.2) is 0 Å². The first kappa shape index (κ1) is 17.7. The average Bonchev–Trinajstić information content (AvgIpc) is 3.21. The molecule has 7 heteroatoms. The van der Waals surface area contributed by atoms with Crippen molar-refractivity contribution in [3.8, 4) is 0 Å². The molecule has 0 N–H and O–H groups in total. The van der Waals surface area contributed by atoms with Crippen LogP contribution in [0.1, 0.15) is 47.6 Å². The van der Waals surface area contributed by atoms with Gasteiger partial charge in [-0.2, -0.15) is 0 Å². The van der Waals surface area contributed by atoms with Gasteiger partial charge in [0.1, 0.15) is 0 Å². The molecular weight excluding hydrogens is 344 g/mol. The van der Waals surface area contributed by atoms with Gasteiger partial charge in [0.05, 0.1) is 30.4 Å². The predicted molar refractivity (Wildman–Crippen MR) is 97.7 cm³/mol. The van der Waals surface area contributed by atoms with Gasteiger partial charge in [0.25, 0.3) is 5.91 Å². The molecule has 2 aliphatic rings. The summed E-state index contributed by atoms with van der Waals surface area (Å²) >= 11 is 0. The van der Waals surface area contributed by atoms with Gasteiger partial charge in [-0.15, -0.1) is 0 Å². The van der Waals surface area contributed by atoms with Crippen LogP contribution in [0.3, 0.4) is 0 Å². The molecule has 2 fully saturated rings. The van der Waals surface area contributed by atoms with Crippen molar-refractivity contribution in [1.29, 1.82) is 0 Å². The Morgan fingerprint density at radius 3 is 2.89 bits per heavy atom. The number of amides is 2. The zero-order valence-corrected chi connectivity index (χ0v) is 15.6. The summed E-state index contributed by atoms with van der Waals surface area (Å²) in [5.74, 6) is 0.468. The normalized spacial score (nSPS) is 23.1. The molecule has 4 heterocycles. The fourth-order valence-electron chi connectivity index (χ4n) is 4.21. The predicted octanol–water partition coefficient (Wildman–Crippen LogP) is 2.42. The molecule has 0 unspecified atom stereocenters. The van der Waals surface area contributed by atoms with Crippen molar-refractivity contribution in [2.24, 2.45) is 5.41 Å². The monoisotopic (exact) mass is 368 g/mol. The van der Waals surface area contributed by atoms with Crippen molar-refractivity contribution in [2.75, 3.05) is 19.6 Å². The smallest absolute Gasteiger partial charge is 0.289 e. The fourth-order valence-corrected chi connectivity index (χ4v) is 4.21. The van der Waals surface area contributed by atoms with Crippen molar-refractivity contribution < 1.29 is 14.0 Å². The van der Waals surface area contributed by atoms with Crippen molar-refractivity contribution in [3.63, 3.8) is 0 Å². The van der Waals surface area contributed by atoms with E-state index >= 15 is 0 Å². The van der Waals surface area contributed by atoms with Crippen molar-refractivity contribution in [1.82, 2.24) is 19.8 Å². The highest BCUT2D eigenvalue weighted by Crippen LogP contribution is 2.39. The summed E-state index contributed by atoms with van der Waals surface area (Å²) in [5, 5.41) is 0. The molecular formula is C20H24N4O3. The molecule has 2 aromatic heterocycles. The summed E-state index contributed by atoms with van der Waals surface area (Å²) in [6, 6.07) is 3.44. The van der Waals surface area contributed by atoms with Crippen LogP contribution in [0.4, 0.5) is 0 Å². The van der Waals surface area contributed by atoms with E-state index in [0.29, 0.717) is 31.8 Å². The molecule has 0 saturated carbocycles. The third-order valence-electron chi connectivity index (χ3n) is 5.62. The minimum absolute atomic E-state index is 0.0491. The number of rotatable bonds is 3. The number of aromatic nitrogens is 2. The number of aryl methyl sites for hydroxylation is 1. The lowest BCUT2D eigenvalue weighted by atomic mass is 9.73. The maximum Gasteiger partial charge on any atom is 0.289 e. The average molecular weight is 368 g/mol. The number of likely N-dealkylation sites (tertiary alicyclic amines) is 2. The van der Waals surface area contributed by atoms with Gasteiger partial charge in [0.15, 0.2) is 5.76 Å². The third-order valence-corrected chi connectivity index (χ3v) is 5.62. The van der Waals surface area contributed by atoms with E-state index in [4.69, 9.17) is 4.42 Å². The van der Waals surface area contributed by atoms with Gasteiger partial charge in [0, 0.05) is 37.7 Å². The van der Waals surface area contributed by atoms with Gasteiger partial charge >= 0.3 is 0 Å². The van der Waals surface area contributed by atoms with Crippen LogP contribution in [0, 0.1) is 12.3 Å². The maximum absolute atomic E-state index is 12.7. The highest BCUT2D eigenvalue weighted by atomic mass is 16.3. The second kappa shape index (κ2) is 7.13. The summed E-state index contributed by atoms with van der Waals surface area (Å²) in [4.78, 5) is 37.6. The van der Waals surface area contributed by atoms with Crippen LogP contribution in [-0.4, -0.2) is 51.2 Å². The number of carbonyl (C=O) groups is 2. The zero-order chi connectivity index (χ0) is 18.9. The summed E-state index contributed by atoms with van der Waals surface area (Å²) in [5.41, 5.74) is 1.61. The molecule has 4 rings (SSSR count). The Bertz CT molecular complexity index is 818. The van der Waals surface area contributed by atoms with Crippen LogP contribution in [0.2, 0.25) is 0 Å². The number of hydrogen-bond donors (Lipinski definition) is 0. The molecule has 2 amide bonds. The number of hydrogen-bond acceptors (Lipinski definition) is 5. The van der Waals surface area contributed by atoms with Crippen LogP contribution in [-0.2, 0) is 11.3 Å². The van der Waals surface area contributed by atoms with Crippen LogP contribution in [0.25, 0.3) is 0 Å². The van der Waals surface area contributed by atoms with Crippen LogP contribution < -0.4 is 0 Å². The van der Waals surface area contributed by atoms with Crippen LogP contribution in [0.15, 0.2) is 35.2 Å². The Morgan fingerprint density at radius 1 is 1.26 bits per heavy atom. The first-order chi connectivity index (χ1) is 13.0. The van der Waals surface area contributed by atoms with E-state index in [1.165, 1.54) is 6.26 Å². The third kappa shape index (κ3) is 3.72. The summed E-state index contributed by atoms with van der Waals surface area (Å²) < 4.78 is 5.28. The molecule has 0 aromatic carbocycles. The Balaban J connectivity index is 1.47. The minimum atomic E-state index is -0.0630. The van der Waals surface area contributed by atoms with Crippen molar-refractivity contribution in [3.05, 3.63) is 47.9 Å². The maximum atomic E-state index is 12.7. The van der Waals surface area contributed by atoms with E-state index in [9.17, 15) is 9.59 Å². The van der Waals surface area contributed by atoms with Gasteiger partial charge in [-0.05, 0) is 38.3 Å². The lowest BCUT2D eigenvalue weighted by Crippen LogP contribution is -2.54. The van der Waals surface area contributed by atoms with Gasteiger partial charge in [-0.1, -0.05) is 0 Å². The van der Waals surface area contributed by atoms with Gasteiger partial charge in [-0.3, -0.25) is 19.6 Å². The highest BCUT2D eigenvalue weighted by molar-refractivity contribution is 5.91. The van der Waals surface area contributed by atoms with E-state index < -0.39 is 0 Å². The molecule has 2 aromatic rings. The van der Waals surface area contributed by atoms with E-state index in [0.717, 1.165) is 37.2 Å². The molecule has 2 saturated heterocycles. The Labute approximate surface area is 158 Å². The summed E-state index contributed by atoms with van der Waals surface area (Å²) in [7, 11) is 0. The molecule has 27 heavy (non-hydrogen) atoms. The molecule has 1 spiro atoms. The Kier molecular flexibility index (Phi) is 4.68. The molecule has 2 aliphatic heterocycles. The molecule has 0 aliphatic carbocycles. The second-order valence-corrected chi connectivity index (χ2v) is 7.71. The fraction of sp³-hybridized carbons (Fsp3) is 0.500. The SMILES string of the molecule is Cc1cnc(CN2C[C@@]3(CCCN(C(=O)c4ccco4)C3)CCC2=O)cn1. The number of nitrogens with zero attached hydrogens (tertiary/aromatic N) is 4. The number of piperidine rings is 2. The molecule has 142 valence electrons. The standard InChI is InChI=1S/C20H24N4O3/c1-15-10-22-16(11-21-15)12-24-14-20(7-5-18(24)25)6-3-8-23(13-20)19(26)17-4-2-9-27-17/h2,4,9-11H,3,5-8,12-14H2,1H3/t20-/m0/s1. The lowest BCUT2D eigenvalue weighted by Gasteiger charge is -2.48. The first-order valence-corrected chi connectivity index (χ1v) is 9.43. The largest absolute Gasteiger partial charge is 0.459 e. The summed E-state index contributed by atoms with van der Waals surface area (Å²) in [6.45, 7) is 4.42. The topological polar surface area (TPSA) is 79.5 Å². The second-order valence-electron chi connectivity index (χ2n) is 7.71. The van der Waals surface area contributed by atoms with E-state index in [-0.39, 0.29) is 17.2 Å². The van der Waals surface area contributed by atoms with E-state index in [1.807, 2.05) is 16.7 Å². The lowest BCUT2D eigenvalue weighted by molar-refractivity contribution is -0.139. The van der Waals surface area contributed by atoms with E-state index in [2.05, 4.69) is 9.97 Å².